The van der Waals surface area contributed by atoms with Crippen LogP contribution in [-0.4, -0.2) is 27.4 Å². The Labute approximate surface area is 218 Å². The lowest BCUT2D eigenvalue weighted by atomic mass is 9.68. The van der Waals surface area contributed by atoms with Crippen LogP contribution in [0.3, 0.4) is 0 Å². The Bertz CT molecular complexity index is 1200. The lowest BCUT2D eigenvalue weighted by Crippen LogP contribution is -2.45. The zero-order chi connectivity index (χ0) is 26.6. The molecule has 36 heavy (non-hydrogen) atoms. The molecule has 0 bridgehead atoms. The van der Waals surface area contributed by atoms with E-state index in [0.717, 1.165) is 40.7 Å². The van der Waals surface area contributed by atoms with Crippen molar-refractivity contribution >= 4 is 34.7 Å². The Kier molecular flexibility index (Phi) is 8.88. The number of anilines is 2. The van der Waals surface area contributed by atoms with Gasteiger partial charge in [0.1, 0.15) is 5.82 Å². The molecule has 2 N–H and O–H groups in total. The first kappa shape index (κ1) is 27.8. The highest BCUT2D eigenvalue weighted by molar-refractivity contribution is 6.28. The third-order valence-corrected chi connectivity index (χ3v) is 7.61. The second-order valence-electron chi connectivity index (χ2n) is 9.37. The molecule has 3 heterocycles. The van der Waals surface area contributed by atoms with Crippen molar-refractivity contribution in [1.82, 2.24) is 20.3 Å². The van der Waals surface area contributed by atoms with E-state index in [-0.39, 0.29) is 28.3 Å². The molecule has 0 saturated carbocycles. The fourth-order valence-corrected chi connectivity index (χ4v) is 5.51. The van der Waals surface area contributed by atoms with Crippen LogP contribution in [0, 0.1) is 17.2 Å². The van der Waals surface area contributed by atoms with Gasteiger partial charge in [-0.05, 0) is 72.9 Å². The van der Waals surface area contributed by atoms with Crippen LogP contribution in [0.2, 0.25) is 5.28 Å². The molecule has 0 spiro atoms. The Morgan fingerprint density at radius 2 is 1.89 bits per heavy atom. The van der Waals surface area contributed by atoms with Gasteiger partial charge in [-0.15, -0.1) is 0 Å². The minimum Gasteiger partial charge on any atom is -0.351 e. The largest absolute Gasteiger partial charge is 0.351 e. The molecule has 0 saturated heterocycles. The first-order valence-electron chi connectivity index (χ1n) is 12.9. The standard InChI is InChI=1S/C26H31ClFN5O.C2H6/c1-6-26(7-2)13-31-24(34)20(15(26)5)17-9-8-16-12-30-23(22(28)21(16)19(17)14(3)4)32-18-10-11-29-25(27)33-18;1-2/h10-12,14H,6-9,13H2,1-5H3,(H,31,34)(H,29,30,32,33);1-2H3. The number of nitrogens with one attached hydrogen (secondary N) is 2. The van der Waals surface area contributed by atoms with Gasteiger partial charge in [0.2, 0.25) is 5.28 Å². The zero-order valence-corrected chi connectivity index (χ0v) is 23.1. The highest BCUT2D eigenvalue weighted by Crippen LogP contribution is 2.46. The van der Waals surface area contributed by atoms with Gasteiger partial charge in [-0.25, -0.2) is 19.3 Å². The van der Waals surface area contributed by atoms with E-state index >= 15 is 4.39 Å². The smallest absolute Gasteiger partial charge is 0.251 e. The van der Waals surface area contributed by atoms with Gasteiger partial charge in [0, 0.05) is 35.5 Å². The number of aromatic nitrogens is 3. The summed E-state index contributed by atoms with van der Waals surface area (Å²) in [6, 6.07) is 1.60. The number of pyridine rings is 1. The van der Waals surface area contributed by atoms with Crippen molar-refractivity contribution in [3.8, 4) is 0 Å². The molecule has 4 rings (SSSR count). The number of rotatable bonds is 6. The van der Waals surface area contributed by atoms with Crippen LogP contribution in [0.15, 0.2) is 35.2 Å². The molecule has 2 aliphatic rings. The first-order valence-corrected chi connectivity index (χ1v) is 13.3. The first-order chi connectivity index (χ1) is 17.2. The number of hydrogen-bond acceptors (Lipinski definition) is 5. The minimum atomic E-state index is -0.445. The molecule has 194 valence electrons. The number of nitrogens with zero attached hydrogens (tertiary/aromatic N) is 3. The van der Waals surface area contributed by atoms with Crippen molar-refractivity contribution in [2.24, 2.45) is 11.3 Å². The normalized spacial score (nSPS) is 16.9. The summed E-state index contributed by atoms with van der Waals surface area (Å²) in [5.41, 5.74) is 4.98. The summed E-state index contributed by atoms with van der Waals surface area (Å²) in [5, 5.41) is 6.12. The second kappa shape index (κ2) is 11.5. The van der Waals surface area contributed by atoms with Gasteiger partial charge in [0.05, 0.1) is 0 Å². The Morgan fingerprint density at radius 3 is 2.50 bits per heavy atom. The SMILES string of the molecule is CC.CCC1(CC)CNC(=O)C(C2=C(C(C)C)c3c(cnc(Nc4ccnc(Cl)n4)c3F)CC2)=C1C. The number of aryl methyl sites for hydroxylation is 1. The summed E-state index contributed by atoms with van der Waals surface area (Å²) >= 11 is 5.88. The molecule has 0 unspecified atom stereocenters. The molecule has 0 radical (unpaired) electrons. The number of amides is 1. The lowest BCUT2D eigenvalue weighted by molar-refractivity contribution is -0.118. The molecule has 0 fully saturated rings. The highest BCUT2D eigenvalue weighted by Gasteiger charge is 2.39. The molecule has 0 aromatic carbocycles. The lowest BCUT2D eigenvalue weighted by Gasteiger charge is -2.40. The van der Waals surface area contributed by atoms with E-state index in [0.29, 0.717) is 30.8 Å². The molecule has 2 aromatic heterocycles. The van der Waals surface area contributed by atoms with Crippen LogP contribution in [0.25, 0.3) is 5.57 Å². The molecule has 6 nitrogen and oxygen atoms in total. The Balaban J connectivity index is 0.00000176. The van der Waals surface area contributed by atoms with Crippen LogP contribution >= 0.6 is 11.6 Å². The molecule has 2 aromatic rings. The van der Waals surface area contributed by atoms with Gasteiger partial charge in [-0.1, -0.05) is 47.1 Å². The molecule has 8 heteroatoms. The van der Waals surface area contributed by atoms with Gasteiger partial charge < -0.3 is 10.6 Å². The maximum absolute atomic E-state index is 16.0. The number of halogens is 2. The zero-order valence-electron chi connectivity index (χ0n) is 22.4. The van der Waals surface area contributed by atoms with Gasteiger partial charge >= 0.3 is 0 Å². The van der Waals surface area contributed by atoms with Crippen LogP contribution in [0.4, 0.5) is 16.0 Å². The van der Waals surface area contributed by atoms with Crippen LogP contribution < -0.4 is 10.6 Å². The highest BCUT2D eigenvalue weighted by atomic mass is 35.5. The summed E-state index contributed by atoms with van der Waals surface area (Å²) in [7, 11) is 0. The predicted octanol–water partition coefficient (Wildman–Crippen LogP) is 7.04. The van der Waals surface area contributed by atoms with E-state index in [2.05, 4.69) is 46.4 Å². The van der Waals surface area contributed by atoms with Crippen molar-refractivity contribution in [2.45, 2.75) is 74.1 Å². The average molecular weight is 514 g/mol. The second-order valence-corrected chi connectivity index (χ2v) is 9.71. The van der Waals surface area contributed by atoms with Gasteiger partial charge in [0.25, 0.3) is 5.91 Å². The van der Waals surface area contributed by atoms with Crippen LogP contribution in [0.1, 0.15) is 78.9 Å². The summed E-state index contributed by atoms with van der Waals surface area (Å²) in [6.07, 6.45) is 6.39. The van der Waals surface area contributed by atoms with Crippen molar-refractivity contribution in [1.29, 1.82) is 0 Å². The molecular weight excluding hydrogens is 477 g/mol. The van der Waals surface area contributed by atoms with E-state index in [4.69, 9.17) is 11.6 Å². The maximum atomic E-state index is 16.0. The summed E-state index contributed by atoms with van der Waals surface area (Å²) in [6.45, 7) is 15.1. The Hall–Kier alpha value is -2.80. The molecule has 1 amide bonds. The molecule has 0 atom stereocenters. The quantitative estimate of drug-likeness (QED) is 0.405. The molecule has 1 aliphatic carbocycles. The third-order valence-electron chi connectivity index (χ3n) is 7.43. The monoisotopic (exact) mass is 513 g/mol. The summed E-state index contributed by atoms with van der Waals surface area (Å²) < 4.78 is 16.0. The van der Waals surface area contributed by atoms with E-state index in [9.17, 15) is 4.79 Å². The number of carbonyl (C=O) groups excluding carboxylic acids is 1. The number of hydrogen-bond donors (Lipinski definition) is 2. The number of fused-ring (bicyclic) bond motifs is 1. The topological polar surface area (TPSA) is 79.8 Å². The molecular formula is C28H37ClFN5O. The van der Waals surface area contributed by atoms with Crippen molar-refractivity contribution in [3.05, 3.63) is 57.4 Å². The summed E-state index contributed by atoms with van der Waals surface area (Å²) in [4.78, 5) is 25.4. The van der Waals surface area contributed by atoms with Gasteiger partial charge in [0.15, 0.2) is 11.6 Å². The Morgan fingerprint density at radius 1 is 1.19 bits per heavy atom. The van der Waals surface area contributed by atoms with Gasteiger partial charge in [-0.3, -0.25) is 4.79 Å². The third kappa shape index (κ3) is 5.03. The number of carbonyl (C=O) groups is 1. The van der Waals surface area contributed by atoms with Crippen molar-refractivity contribution in [3.63, 3.8) is 0 Å². The summed E-state index contributed by atoms with van der Waals surface area (Å²) in [5.74, 6) is -0.0589. The maximum Gasteiger partial charge on any atom is 0.251 e. The molecule has 1 aliphatic heterocycles. The van der Waals surface area contributed by atoms with E-state index in [1.165, 1.54) is 6.20 Å². The fourth-order valence-electron chi connectivity index (χ4n) is 5.36. The average Bonchev–Trinajstić information content (AvgIpc) is 2.87. The van der Waals surface area contributed by atoms with Crippen molar-refractivity contribution < 1.29 is 9.18 Å². The van der Waals surface area contributed by atoms with Crippen molar-refractivity contribution in [2.75, 3.05) is 11.9 Å². The van der Waals surface area contributed by atoms with E-state index < -0.39 is 5.82 Å². The fraction of sp³-hybridized carbons (Fsp3) is 0.500. The number of allylic oxidation sites excluding steroid dienone is 1. The predicted molar refractivity (Wildman–Crippen MR) is 145 cm³/mol. The van der Waals surface area contributed by atoms with E-state index in [1.54, 1.807) is 12.3 Å². The van der Waals surface area contributed by atoms with Gasteiger partial charge in [-0.2, -0.15) is 0 Å². The minimum absolute atomic E-state index is 0.0139. The van der Waals surface area contributed by atoms with Crippen LogP contribution in [-0.2, 0) is 11.2 Å². The van der Waals surface area contributed by atoms with Crippen LogP contribution in [0.5, 0.6) is 0 Å². The van der Waals surface area contributed by atoms with E-state index in [1.807, 2.05) is 27.7 Å².